The fourth-order valence-electron chi connectivity index (χ4n) is 2.61. The third-order valence-electron chi connectivity index (χ3n) is 3.96. The number of alkyl carbamates (subject to hydrolysis) is 1. The smallest absolute Gasteiger partial charge is 0.407 e. The Morgan fingerprint density at radius 3 is 2.62 bits per heavy atom. The summed E-state index contributed by atoms with van der Waals surface area (Å²) in [7, 11) is 0. The number of benzene rings is 2. The Morgan fingerprint density at radius 2 is 1.92 bits per heavy atom. The number of hydrogen-bond donors (Lipinski definition) is 2. The van der Waals surface area contributed by atoms with Crippen LogP contribution in [0, 0.1) is 5.82 Å². The zero-order valence-corrected chi connectivity index (χ0v) is 14.6. The first-order chi connectivity index (χ1) is 11.6. The third-order valence-corrected chi connectivity index (χ3v) is 4.57. The summed E-state index contributed by atoms with van der Waals surface area (Å²) in [6.07, 6.45) is 1.23. The molecule has 6 heteroatoms. The molecule has 3 rings (SSSR count). The summed E-state index contributed by atoms with van der Waals surface area (Å²) in [6, 6.07) is 14.8. The van der Waals surface area contributed by atoms with Gasteiger partial charge in [0.2, 0.25) is 0 Å². The summed E-state index contributed by atoms with van der Waals surface area (Å²) < 4.78 is 18.8. The highest BCUT2D eigenvalue weighted by molar-refractivity contribution is 9.10. The van der Waals surface area contributed by atoms with Crippen LogP contribution in [-0.2, 0) is 11.3 Å². The molecule has 0 spiro atoms. The first kappa shape index (κ1) is 16.8. The second-order valence-corrected chi connectivity index (χ2v) is 6.70. The largest absolute Gasteiger partial charge is 0.445 e. The summed E-state index contributed by atoms with van der Waals surface area (Å²) in [5.41, 5.74) is 1.82. The predicted molar refractivity (Wildman–Crippen MR) is 94.3 cm³/mol. The molecule has 1 aliphatic carbocycles. The van der Waals surface area contributed by atoms with Crippen LogP contribution in [0.5, 0.6) is 0 Å². The van der Waals surface area contributed by atoms with Gasteiger partial charge in [0.05, 0.1) is 4.47 Å². The Kier molecular flexibility index (Phi) is 5.35. The summed E-state index contributed by atoms with van der Waals surface area (Å²) >= 11 is 3.17. The number of rotatable bonds is 5. The number of anilines is 1. The lowest BCUT2D eigenvalue weighted by Gasteiger charge is -2.36. The van der Waals surface area contributed by atoms with Gasteiger partial charge in [-0.15, -0.1) is 0 Å². The van der Waals surface area contributed by atoms with E-state index in [0.717, 1.165) is 24.1 Å². The van der Waals surface area contributed by atoms with Gasteiger partial charge in [0.1, 0.15) is 12.4 Å². The van der Waals surface area contributed by atoms with Gasteiger partial charge in [0, 0.05) is 17.8 Å². The van der Waals surface area contributed by atoms with Crippen LogP contribution in [-0.4, -0.2) is 18.2 Å². The van der Waals surface area contributed by atoms with E-state index in [4.69, 9.17) is 4.74 Å². The highest BCUT2D eigenvalue weighted by Crippen LogP contribution is 2.26. The predicted octanol–water partition coefficient (Wildman–Crippen LogP) is 4.46. The van der Waals surface area contributed by atoms with E-state index in [1.54, 1.807) is 12.1 Å². The molecule has 0 heterocycles. The summed E-state index contributed by atoms with van der Waals surface area (Å²) in [5.74, 6) is -0.283. The maximum Gasteiger partial charge on any atom is 0.407 e. The van der Waals surface area contributed by atoms with Crippen LogP contribution >= 0.6 is 15.9 Å². The maximum absolute atomic E-state index is 13.2. The van der Waals surface area contributed by atoms with Gasteiger partial charge in [0.25, 0.3) is 0 Å². The van der Waals surface area contributed by atoms with Gasteiger partial charge in [-0.1, -0.05) is 30.3 Å². The van der Waals surface area contributed by atoms with E-state index in [2.05, 4.69) is 26.6 Å². The highest BCUT2D eigenvalue weighted by atomic mass is 79.9. The zero-order valence-electron chi connectivity index (χ0n) is 13.0. The number of amides is 1. The highest BCUT2D eigenvalue weighted by Gasteiger charge is 2.30. The van der Waals surface area contributed by atoms with Crippen LogP contribution < -0.4 is 10.6 Å². The Balaban J connectivity index is 1.37. The van der Waals surface area contributed by atoms with Crippen molar-refractivity contribution in [2.24, 2.45) is 0 Å². The lowest BCUT2D eigenvalue weighted by Crippen LogP contribution is -2.49. The monoisotopic (exact) mass is 392 g/mol. The number of nitrogens with one attached hydrogen (secondary N) is 2. The van der Waals surface area contributed by atoms with Crippen molar-refractivity contribution in [3.05, 3.63) is 64.4 Å². The fourth-order valence-corrected chi connectivity index (χ4v) is 2.99. The summed E-state index contributed by atoms with van der Waals surface area (Å²) in [6.45, 7) is 0.269. The number of halogens is 2. The molecule has 2 N–H and O–H groups in total. The lowest BCUT2D eigenvalue weighted by atomic mass is 9.86. The van der Waals surface area contributed by atoms with Gasteiger partial charge >= 0.3 is 6.09 Å². The molecule has 2 aromatic rings. The molecule has 2 aromatic carbocycles. The molecule has 4 nitrogen and oxygen atoms in total. The topological polar surface area (TPSA) is 50.4 Å². The molecular formula is C18H18BrFN2O2. The van der Waals surface area contributed by atoms with Crippen LogP contribution in [0.3, 0.4) is 0 Å². The average Bonchev–Trinajstić information content (AvgIpc) is 2.55. The number of carbonyl (C=O) groups is 1. The molecule has 1 saturated carbocycles. The minimum atomic E-state index is -0.396. The second kappa shape index (κ2) is 7.66. The van der Waals surface area contributed by atoms with Crippen molar-refractivity contribution in [1.82, 2.24) is 5.32 Å². The molecule has 0 saturated heterocycles. The van der Waals surface area contributed by atoms with E-state index in [-0.39, 0.29) is 24.5 Å². The van der Waals surface area contributed by atoms with Crippen molar-refractivity contribution >= 4 is 27.7 Å². The third kappa shape index (κ3) is 4.47. The van der Waals surface area contributed by atoms with Crippen LogP contribution in [0.25, 0.3) is 0 Å². The van der Waals surface area contributed by atoms with Gasteiger partial charge in [0.15, 0.2) is 0 Å². The Labute approximate surface area is 148 Å². The van der Waals surface area contributed by atoms with Crippen LogP contribution in [0.15, 0.2) is 53.0 Å². The SMILES string of the molecule is O=C(NC1CC(Nc2ccc(F)c(Br)c2)C1)OCc1ccccc1. The van der Waals surface area contributed by atoms with Gasteiger partial charge in [-0.3, -0.25) is 0 Å². The molecule has 1 amide bonds. The zero-order chi connectivity index (χ0) is 16.9. The molecule has 0 atom stereocenters. The normalized spacial score (nSPS) is 19.2. The Bertz CT molecular complexity index is 705. The maximum atomic E-state index is 13.2. The van der Waals surface area contributed by atoms with Gasteiger partial charge < -0.3 is 15.4 Å². The minimum Gasteiger partial charge on any atom is -0.445 e. The second-order valence-electron chi connectivity index (χ2n) is 5.84. The van der Waals surface area contributed by atoms with Crippen molar-refractivity contribution in [2.45, 2.75) is 31.5 Å². The molecule has 0 unspecified atom stereocenters. The van der Waals surface area contributed by atoms with Gasteiger partial charge in [-0.2, -0.15) is 0 Å². The molecule has 0 aliphatic heterocycles. The van der Waals surface area contributed by atoms with E-state index >= 15 is 0 Å². The number of ether oxygens (including phenoxy) is 1. The van der Waals surface area contributed by atoms with Crippen molar-refractivity contribution in [3.63, 3.8) is 0 Å². The van der Waals surface area contributed by atoms with Crippen LogP contribution in [0.1, 0.15) is 18.4 Å². The lowest BCUT2D eigenvalue weighted by molar-refractivity contribution is 0.129. The Hall–Kier alpha value is -2.08. The van der Waals surface area contributed by atoms with Crippen molar-refractivity contribution < 1.29 is 13.9 Å². The molecule has 0 aromatic heterocycles. The molecule has 1 aliphatic rings. The molecule has 0 radical (unpaired) electrons. The molecule has 24 heavy (non-hydrogen) atoms. The van der Waals surface area contributed by atoms with E-state index < -0.39 is 6.09 Å². The molecular weight excluding hydrogens is 375 g/mol. The van der Waals surface area contributed by atoms with E-state index in [1.807, 2.05) is 30.3 Å². The molecule has 1 fully saturated rings. The summed E-state index contributed by atoms with van der Waals surface area (Å²) in [4.78, 5) is 11.8. The van der Waals surface area contributed by atoms with Gasteiger partial charge in [-0.25, -0.2) is 9.18 Å². The van der Waals surface area contributed by atoms with Crippen molar-refractivity contribution in [1.29, 1.82) is 0 Å². The first-order valence-corrected chi connectivity index (χ1v) is 8.58. The van der Waals surface area contributed by atoms with Crippen LogP contribution in [0.2, 0.25) is 0 Å². The van der Waals surface area contributed by atoms with Crippen molar-refractivity contribution in [3.8, 4) is 0 Å². The Morgan fingerprint density at radius 1 is 1.17 bits per heavy atom. The number of carbonyl (C=O) groups excluding carboxylic acids is 1. The van der Waals surface area contributed by atoms with E-state index in [0.29, 0.717) is 4.47 Å². The quantitative estimate of drug-likeness (QED) is 0.789. The van der Waals surface area contributed by atoms with Crippen LogP contribution in [0.4, 0.5) is 14.9 Å². The van der Waals surface area contributed by atoms with E-state index in [9.17, 15) is 9.18 Å². The average molecular weight is 393 g/mol. The standard InChI is InChI=1S/C18H18BrFN2O2/c19-16-10-13(6-7-17(16)20)21-14-8-15(9-14)22-18(23)24-11-12-4-2-1-3-5-12/h1-7,10,14-15,21H,8-9,11H2,(H,22,23). The number of hydrogen-bond acceptors (Lipinski definition) is 3. The fraction of sp³-hybridized carbons (Fsp3) is 0.278. The van der Waals surface area contributed by atoms with Crippen molar-refractivity contribution in [2.75, 3.05) is 5.32 Å². The first-order valence-electron chi connectivity index (χ1n) is 7.79. The molecule has 0 bridgehead atoms. The summed E-state index contributed by atoms with van der Waals surface area (Å²) in [5, 5.41) is 6.17. The van der Waals surface area contributed by atoms with E-state index in [1.165, 1.54) is 6.07 Å². The molecule has 126 valence electrons. The van der Waals surface area contributed by atoms with Gasteiger partial charge in [-0.05, 0) is 52.5 Å². The minimum absolute atomic E-state index is 0.106.